The van der Waals surface area contributed by atoms with E-state index in [1.54, 1.807) is 0 Å². The van der Waals surface area contributed by atoms with Gasteiger partial charge in [0.1, 0.15) is 0 Å². The van der Waals surface area contributed by atoms with Gasteiger partial charge in [0.15, 0.2) is 0 Å². The summed E-state index contributed by atoms with van der Waals surface area (Å²) in [4.78, 5) is 4.58. The highest BCUT2D eigenvalue weighted by Gasteiger charge is 2.15. The first-order chi connectivity index (χ1) is 9.22. The van der Waals surface area contributed by atoms with Gasteiger partial charge in [-0.25, -0.2) is 4.99 Å². The van der Waals surface area contributed by atoms with Gasteiger partial charge < -0.3 is 9.84 Å². The number of aliphatic hydroxyl groups is 1. The van der Waals surface area contributed by atoms with Crippen molar-refractivity contribution in [1.29, 1.82) is 0 Å². The normalized spacial score (nSPS) is 19.6. The Morgan fingerprint density at radius 1 is 1.26 bits per heavy atom. The minimum Gasteiger partial charge on any atom is -0.515 e. The lowest BCUT2D eigenvalue weighted by molar-refractivity contribution is 0.218. The van der Waals surface area contributed by atoms with E-state index in [9.17, 15) is 5.11 Å². The van der Waals surface area contributed by atoms with Gasteiger partial charge in [-0.1, -0.05) is 17.7 Å². The van der Waals surface area contributed by atoms with E-state index in [0.717, 1.165) is 41.8 Å². The summed E-state index contributed by atoms with van der Waals surface area (Å²) in [5, 5.41) is 9.29. The fourth-order valence-electron chi connectivity index (χ4n) is 2.00. The lowest BCUT2D eigenvalue weighted by atomic mass is 9.98. The van der Waals surface area contributed by atoms with Gasteiger partial charge in [-0.05, 0) is 32.4 Å². The molecular weight excluding hydrogens is 238 g/mol. The van der Waals surface area contributed by atoms with Crippen molar-refractivity contribution >= 4 is 11.4 Å². The first-order valence-corrected chi connectivity index (χ1v) is 6.55. The second-order valence-electron chi connectivity index (χ2n) is 4.53. The molecule has 3 nitrogen and oxygen atoms in total. The van der Waals surface area contributed by atoms with Crippen LogP contribution in [0.4, 0.5) is 5.69 Å². The van der Waals surface area contributed by atoms with Gasteiger partial charge in [-0.15, -0.1) is 0 Å². The van der Waals surface area contributed by atoms with Crippen LogP contribution in [0, 0.1) is 6.92 Å². The van der Waals surface area contributed by atoms with Crippen LogP contribution >= 0.6 is 0 Å². The Hall–Kier alpha value is -2.03. The van der Waals surface area contributed by atoms with Crippen LogP contribution in [0.25, 0.3) is 0 Å². The molecule has 100 valence electrons. The first kappa shape index (κ1) is 13.4. The molecule has 0 bridgehead atoms. The molecule has 0 unspecified atom stereocenters. The van der Waals surface area contributed by atoms with Gasteiger partial charge >= 0.3 is 0 Å². The van der Waals surface area contributed by atoms with E-state index in [0.29, 0.717) is 6.61 Å². The molecule has 0 atom stereocenters. The average molecular weight is 257 g/mol. The van der Waals surface area contributed by atoms with Crippen molar-refractivity contribution in [3.8, 4) is 0 Å². The van der Waals surface area contributed by atoms with Crippen LogP contribution in [0.5, 0.6) is 0 Å². The van der Waals surface area contributed by atoms with Crippen molar-refractivity contribution in [2.75, 3.05) is 6.61 Å². The molecule has 0 fully saturated rings. The van der Waals surface area contributed by atoms with Gasteiger partial charge in [-0.2, -0.15) is 0 Å². The lowest BCUT2D eigenvalue weighted by Crippen LogP contribution is -2.09. The average Bonchev–Trinajstić information content (AvgIpc) is 2.42. The highest BCUT2D eigenvalue weighted by atomic mass is 16.5. The summed E-state index contributed by atoms with van der Waals surface area (Å²) < 4.78 is 5.53. The summed E-state index contributed by atoms with van der Waals surface area (Å²) in [5.41, 5.74) is 3.72. The summed E-state index contributed by atoms with van der Waals surface area (Å²) in [6.45, 7) is 4.67. The fourth-order valence-corrected chi connectivity index (χ4v) is 2.00. The van der Waals surface area contributed by atoms with E-state index in [2.05, 4.69) is 4.99 Å². The number of nitrogens with zero attached hydrogens (tertiary/aromatic N) is 1. The summed E-state index contributed by atoms with van der Waals surface area (Å²) in [5.74, 6) is 0.930. The third kappa shape index (κ3) is 3.47. The molecule has 1 aromatic rings. The predicted molar refractivity (Wildman–Crippen MR) is 77.9 cm³/mol. The number of aliphatic hydroxyl groups excluding tert-OH is 1. The number of rotatable bonds is 3. The fraction of sp³-hybridized carbons (Fsp3) is 0.312. The molecule has 3 heteroatoms. The van der Waals surface area contributed by atoms with E-state index in [4.69, 9.17) is 4.74 Å². The smallest absolute Gasteiger partial charge is 0.0984 e. The second-order valence-corrected chi connectivity index (χ2v) is 4.53. The van der Waals surface area contributed by atoms with Gasteiger partial charge in [-0.3, -0.25) is 0 Å². The van der Waals surface area contributed by atoms with Gasteiger partial charge in [0.05, 0.1) is 30.0 Å². The Kier molecular flexibility index (Phi) is 4.39. The topological polar surface area (TPSA) is 41.8 Å². The van der Waals surface area contributed by atoms with Crippen LogP contribution in [0.15, 0.2) is 52.9 Å². The Morgan fingerprint density at radius 2 is 2.00 bits per heavy atom. The maximum absolute atomic E-state index is 9.29. The third-order valence-electron chi connectivity index (χ3n) is 3.04. The van der Waals surface area contributed by atoms with E-state index in [1.165, 1.54) is 5.56 Å². The molecule has 0 spiro atoms. The van der Waals surface area contributed by atoms with Crippen LogP contribution < -0.4 is 0 Å². The number of allylic oxidation sites excluding steroid dienone is 3. The molecule has 0 aliphatic heterocycles. The highest BCUT2D eigenvalue weighted by Crippen LogP contribution is 2.24. The molecular formula is C16H19NO2. The summed E-state index contributed by atoms with van der Waals surface area (Å²) in [7, 11) is 0. The van der Waals surface area contributed by atoms with Crippen LogP contribution in [-0.4, -0.2) is 17.4 Å². The van der Waals surface area contributed by atoms with Crippen LogP contribution in [0.2, 0.25) is 0 Å². The van der Waals surface area contributed by atoms with E-state index in [-0.39, 0.29) is 0 Å². The van der Waals surface area contributed by atoms with Crippen LogP contribution in [0.1, 0.15) is 25.3 Å². The molecule has 1 aliphatic rings. The number of hydrogen-bond acceptors (Lipinski definition) is 3. The summed E-state index contributed by atoms with van der Waals surface area (Å²) in [6.07, 6.45) is 4.63. The standard InChI is InChI=1S/C16H19NO2/c1-3-19-15-9-6-13(11-18)16(10-15)17-14-7-4-12(2)5-8-14/h4-5,7-8,10-11,18H,3,6,9H2,1-2H3. The Bertz CT molecular complexity index is 524. The Labute approximate surface area is 113 Å². The van der Waals surface area contributed by atoms with Crippen molar-refractivity contribution in [3.05, 3.63) is 53.5 Å². The molecule has 19 heavy (non-hydrogen) atoms. The molecule has 0 saturated heterocycles. The maximum Gasteiger partial charge on any atom is 0.0984 e. The summed E-state index contributed by atoms with van der Waals surface area (Å²) >= 11 is 0. The Morgan fingerprint density at radius 3 is 2.63 bits per heavy atom. The zero-order valence-electron chi connectivity index (χ0n) is 11.4. The molecule has 0 aromatic heterocycles. The second kappa shape index (κ2) is 6.23. The van der Waals surface area contributed by atoms with Crippen molar-refractivity contribution in [3.63, 3.8) is 0 Å². The SMILES string of the molecule is CCOC1=CC(=Nc2ccc(C)cc2)C(=CO)CC1. The molecule has 0 radical (unpaired) electrons. The van der Waals surface area contributed by atoms with Crippen molar-refractivity contribution in [2.45, 2.75) is 26.7 Å². The number of aliphatic imine (C=N–C) groups is 1. The van der Waals surface area contributed by atoms with Gasteiger partial charge in [0.25, 0.3) is 0 Å². The minimum absolute atomic E-state index is 0.655. The molecule has 1 aliphatic carbocycles. The predicted octanol–water partition coefficient (Wildman–Crippen LogP) is 4.22. The van der Waals surface area contributed by atoms with E-state index >= 15 is 0 Å². The van der Waals surface area contributed by atoms with Crippen molar-refractivity contribution < 1.29 is 9.84 Å². The molecule has 0 saturated carbocycles. The largest absolute Gasteiger partial charge is 0.515 e. The first-order valence-electron chi connectivity index (χ1n) is 6.55. The van der Waals surface area contributed by atoms with Crippen LogP contribution in [-0.2, 0) is 4.74 Å². The number of ether oxygens (including phenoxy) is 1. The zero-order chi connectivity index (χ0) is 13.7. The van der Waals surface area contributed by atoms with E-state index < -0.39 is 0 Å². The molecule has 2 rings (SSSR count). The lowest BCUT2D eigenvalue weighted by Gasteiger charge is -2.17. The molecule has 1 aromatic carbocycles. The number of benzene rings is 1. The molecule has 0 amide bonds. The monoisotopic (exact) mass is 257 g/mol. The Balaban J connectivity index is 2.32. The zero-order valence-corrected chi connectivity index (χ0v) is 11.4. The number of aryl methyl sites for hydroxylation is 1. The summed E-state index contributed by atoms with van der Waals surface area (Å²) in [6, 6.07) is 8.00. The maximum atomic E-state index is 9.29. The third-order valence-corrected chi connectivity index (χ3v) is 3.04. The van der Waals surface area contributed by atoms with Crippen LogP contribution in [0.3, 0.4) is 0 Å². The number of hydrogen-bond donors (Lipinski definition) is 1. The van der Waals surface area contributed by atoms with Gasteiger partial charge in [0.2, 0.25) is 0 Å². The minimum atomic E-state index is 0.655. The highest BCUT2D eigenvalue weighted by molar-refractivity contribution is 6.10. The van der Waals surface area contributed by atoms with Gasteiger partial charge in [0, 0.05) is 18.1 Å². The van der Waals surface area contributed by atoms with E-state index in [1.807, 2.05) is 44.2 Å². The molecule has 0 heterocycles. The van der Waals surface area contributed by atoms with Crippen molar-refractivity contribution in [2.24, 2.45) is 4.99 Å². The quantitative estimate of drug-likeness (QED) is 0.823. The van der Waals surface area contributed by atoms with Crippen molar-refractivity contribution in [1.82, 2.24) is 0 Å². The molecule has 1 N–H and O–H groups in total.